The average Bonchev–Trinajstić information content (AvgIpc) is 3.25. The second kappa shape index (κ2) is 10.4. The molecule has 1 heterocycles. The minimum Gasteiger partial charge on any atom is -0.494 e. The van der Waals surface area contributed by atoms with Crippen molar-refractivity contribution >= 4 is 23.4 Å². The maximum atomic E-state index is 12.6. The van der Waals surface area contributed by atoms with Gasteiger partial charge in [0.15, 0.2) is 11.0 Å². The van der Waals surface area contributed by atoms with Gasteiger partial charge in [0, 0.05) is 16.9 Å². The predicted molar refractivity (Wildman–Crippen MR) is 133 cm³/mol. The van der Waals surface area contributed by atoms with Crippen molar-refractivity contribution < 1.29 is 9.53 Å². The van der Waals surface area contributed by atoms with Crippen LogP contribution >= 0.6 is 11.8 Å². The van der Waals surface area contributed by atoms with Gasteiger partial charge in [0.2, 0.25) is 5.91 Å². The molecule has 0 atom stereocenters. The normalized spacial score (nSPS) is 10.8. The first-order chi connectivity index (χ1) is 16.0. The van der Waals surface area contributed by atoms with Gasteiger partial charge in [-0.1, -0.05) is 48.2 Å². The molecule has 0 saturated carbocycles. The molecule has 0 unspecified atom stereocenters. The van der Waals surface area contributed by atoms with E-state index in [1.807, 2.05) is 91.2 Å². The van der Waals surface area contributed by atoms with Crippen LogP contribution in [0.5, 0.6) is 5.75 Å². The summed E-state index contributed by atoms with van der Waals surface area (Å²) in [6, 6.07) is 23.6. The Kier molecular flexibility index (Phi) is 7.10. The number of hydrogen-bond acceptors (Lipinski definition) is 5. The summed E-state index contributed by atoms with van der Waals surface area (Å²) in [5, 5.41) is 12.4. The highest BCUT2D eigenvalue weighted by Crippen LogP contribution is 2.29. The fraction of sp³-hybridized carbons (Fsp3) is 0.192. The van der Waals surface area contributed by atoms with Crippen molar-refractivity contribution in [2.75, 3.05) is 17.7 Å². The van der Waals surface area contributed by atoms with Crippen LogP contribution in [-0.4, -0.2) is 33.0 Å². The summed E-state index contributed by atoms with van der Waals surface area (Å²) < 4.78 is 7.55. The zero-order chi connectivity index (χ0) is 23.2. The molecule has 168 valence electrons. The topological polar surface area (TPSA) is 69.0 Å². The molecule has 0 spiro atoms. The first-order valence-electron chi connectivity index (χ1n) is 10.8. The van der Waals surface area contributed by atoms with Crippen molar-refractivity contribution in [2.24, 2.45) is 0 Å². The number of carbonyl (C=O) groups is 1. The maximum absolute atomic E-state index is 12.6. The summed E-state index contributed by atoms with van der Waals surface area (Å²) in [4.78, 5) is 12.6. The van der Waals surface area contributed by atoms with Gasteiger partial charge in [-0.05, 0) is 68.3 Å². The van der Waals surface area contributed by atoms with Crippen LogP contribution in [0.25, 0.3) is 17.1 Å². The van der Waals surface area contributed by atoms with Gasteiger partial charge in [0.1, 0.15) is 5.75 Å². The van der Waals surface area contributed by atoms with Crippen molar-refractivity contribution in [3.05, 3.63) is 83.9 Å². The van der Waals surface area contributed by atoms with E-state index in [0.717, 1.165) is 34.1 Å². The molecule has 0 aliphatic rings. The number of carbonyl (C=O) groups excluding carboxylic acids is 1. The molecule has 7 heteroatoms. The van der Waals surface area contributed by atoms with Crippen LogP contribution in [0.1, 0.15) is 18.1 Å². The molecule has 6 nitrogen and oxygen atoms in total. The predicted octanol–water partition coefficient (Wildman–Crippen LogP) is 5.68. The highest BCUT2D eigenvalue weighted by Gasteiger charge is 2.17. The number of benzene rings is 3. The SMILES string of the molecule is CCOc1ccc(-n2c(SCC(=O)Nc3ccc(C)c(C)c3)nnc2-c2ccccc2)cc1. The Labute approximate surface area is 198 Å². The van der Waals surface area contributed by atoms with Crippen molar-refractivity contribution in [3.63, 3.8) is 0 Å². The molecule has 0 aliphatic heterocycles. The number of aryl methyl sites for hydroxylation is 2. The fourth-order valence-electron chi connectivity index (χ4n) is 3.37. The van der Waals surface area contributed by atoms with Crippen LogP contribution in [0, 0.1) is 13.8 Å². The number of nitrogens with one attached hydrogen (secondary N) is 1. The summed E-state index contributed by atoms with van der Waals surface area (Å²) >= 11 is 1.35. The van der Waals surface area contributed by atoms with E-state index in [0.29, 0.717) is 11.8 Å². The van der Waals surface area contributed by atoms with E-state index in [1.54, 1.807) is 0 Å². The Hall–Kier alpha value is -3.58. The van der Waals surface area contributed by atoms with Gasteiger partial charge in [0.25, 0.3) is 0 Å². The lowest BCUT2D eigenvalue weighted by molar-refractivity contribution is -0.113. The van der Waals surface area contributed by atoms with Crippen LogP contribution in [-0.2, 0) is 4.79 Å². The molecule has 4 aromatic rings. The molecule has 33 heavy (non-hydrogen) atoms. The summed E-state index contributed by atoms with van der Waals surface area (Å²) in [7, 11) is 0. The Balaban J connectivity index is 1.57. The van der Waals surface area contributed by atoms with Gasteiger partial charge in [0.05, 0.1) is 12.4 Å². The summed E-state index contributed by atoms with van der Waals surface area (Å²) in [5.74, 6) is 1.65. The van der Waals surface area contributed by atoms with Crippen molar-refractivity contribution in [3.8, 4) is 22.8 Å². The third-order valence-corrected chi connectivity index (χ3v) is 6.12. The molecule has 0 radical (unpaired) electrons. The number of nitrogens with zero attached hydrogens (tertiary/aromatic N) is 3. The molecule has 0 aliphatic carbocycles. The molecule has 0 saturated heterocycles. The van der Waals surface area contributed by atoms with Crippen LogP contribution in [0.15, 0.2) is 78.0 Å². The Morgan fingerprint density at radius 2 is 1.73 bits per heavy atom. The maximum Gasteiger partial charge on any atom is 0.234 e. The molecule has 1 amide bonds. The number of amides is 1. The van der Waals surface area contributed by atoms with Gasteiger partial charge >= 0.3 is 0 Å². The smallest absolute Gasteiger partial charge is 0.234 e. The van der Waals surface area contributed by atoms with E-state index < -0.39 is 0 Å². The standard InChI is InChI=1S/C26H26N4O2S/c1-4-32-23-14-12-22(13-15-23)30-25(20-8-6-5-7-9-20)28-29-26(30)33-17-24(31)27-21-11-10-18(2)19(3)16-21/h5-16H,4,17H2,1-3H3,(H,27,31). The molecular formula is C26H26N4O2S. The van der Waals surface area contributed by atoms with E-state index in [1.165, 1.54) is 17.3 Å². The van der Waals surface area contributed by atoms with Crippen molar-refractivity contribution in [1.29, 1.82) is 0 Å². The Morgan fingerprint density at radius 3 is 2.42 bits per heavy atom. The quantitative estimate of drug-likeness (QED) is 0.344. The zero-order valence-electron chi connectivity index (χ0n) is 18.9. The number of hydrogen-bond donors (Lipinski definition) is 1. The van der Waals surface area contributed by atoms with Crippen molar-refractivity contribution in [2.45, 2.75) is 25.9 Å². The van der Waals surface area contributed by atoms with E-state index in [4.69, 9.17) is 4.74 Å². The molecule has 1 N–H and O–H groups in total. The van der Waals surface area contributed by atoms with E-state index >= 15 is 0 Å². The third-order valence-electron chi connectivity index (χ3n) is 5.19. The van der Waals surface area contributed by atoms with Crippen LogP contribution in [0.2, 0.25) is 0 Å². The second-order valence-electron chi connectivity index (χ2n) is 7.57. The summed E-state index contributed by atoms with van der Waals surface area (Å²) in [5.41, 5.74) is 4.98. The first kappa shape index (κ1) is 22.6. The minimum absolute atomic E-state index is 0.0919. The Bertz CT molecular complexity index is 1240. The highest BCUT2D eigenvalue weighted by molar-refractivity contribution is 7.99. The monoisotopic (exact) mass is 458 g/mol. The fourth-order valence-corrected chi connectivity index (χ4v) is 4.13. The van der Waals surface area contributed by atoms with Gasteiger partial charge in [-0.25, -0.2) is 0 Å². The second-order valence-corrected chi connectivity index (χ2v) is 8.51. The van der Waals surface area contributed by atoms with Gasteiger partial charge in [-0.15, -0.1) is 10.2 Å². The minimum atomic E-state index is -0.0919. The molecular weight excluding hydrogens is 432 g/mol. The molecule has 1 aromatic heterocycles. The number of thioether (sulfide) groups is 1. The van der Waals surface area contributed by atoms with Crippen LogP contribution in [0.3, 0.4) is 0 Å². The van der Waals surface area contributed by atoms with E-state index in [9.17, 15) is 4.79 Å². The molecule has 4 rings (SSSR count). The summed E-state index contributed by atoms with van der Waals surface area (Å²) in [6.07, 6.45) is 0. The molecule has 3 aromatic carbocycles. The highest BCUT2D eigenvalue weighted by atomic mass is 32.2. The third kappa shape index (κ3) is 5.43. The van der Waals surface area contributed by atoms with Crippen molar-refractivity contribution in [1.82, 2.24) is 14.8 Å². The summed E-state index contributed by atoms with van der Waals surface area (Å²) in [6.45, 7) is 6.65. The lowest BCUT2D eigenvalue weighted by atomic mass is 10.1. The number of anilines is 1. The molecule has 0 bridgehead atoms. The number of aromatic nitrogens is 3. The largest absolute Gasteiger partial charge is 0.494 e. The average molecular weight is 459 g/mol. The van der Waals surface area contributed by atoms with Gasteiger partial charge in [-0.2, -0.15) is 0 Å². The molecule has 0 fully saturated rings. The van der Waals surface area contributed by atoms with Gasteiger partial charge in [-0.3, -0.25) is 9.36 Å². The number of ether oxygens (including phenoxy) is 1. The first-order valence-corrected chi connectivity index (χ1v) is 11.8. The van der Waals surface area contributed by atoms with Gasteiger partial charge < -0.3 is 10.1 Å². The zero-order valence-corrected chi connectivity index (χ0v) is 19.7. The van der Waals surface area contributed by atoms with Crippen LogP contribution < -0.4 is 10.1 Å². The lowest BCUT2D eigenvalue weighted by Crippen LogP contribution is -2.14. The lowest BCUT2D eigenvalue weighted by Gasteiger charge is -2.12. The van der Waals surface area contributed by atoms with Crippen LogP contribution in [0.4, 0.5) is 5.69 Å². The van der Waals surface area contributed by atoms with E-state index in [2.05, 4.69) is 22.4 Å². The van der Waals surface area contributed by atoms with E-state index in [-0.39, 0.29) is 11.7 Å². The number of rotatable bonds is 8. The Morgan fingerprint density at radius 1 is 0.970 bits per heavy atom.